The van der Waals surface area contributed by atoms with Crippen LogP contribution in [-0.4, -0.2) is 12.1 Å². The Morgan fingerprint density at radius 1 is 1.43 bits per heavy atom. The van der Waals surface area contributed by atoms with Crippen LogP contribution in [0.15, 0.2) is 0 Å². The van der Waals surface area contributed by atoms with Crippen molar-refractivity contribution in [1.82, 2.24) is 0 Å². The van der Waals surface area contributed by atoms with Crippen molar-refractivity contribution >= 4 is 5.97 Å². The first-order chi connectivity index (χ1) is 6.66. The third kappa shape index (κ3) is 8.68. The van der Waals surface area contributed by atoms with E-state index in [-0.39, 0.29) is 12.1 Å². The molecule has 0 aliphatic carbocycles. The summed E-state index contributed by atoms with van der Waals surface area (Å²) in [6.07, 6.45) is 2.76. The summed E-state index contributed by atoms with van der Waals surface area (Å²) in [5.74, 6) is 10.7. The van der Waals surface area contributed by atoms with Gasteiger partial charge in [-0.15, -0.1) is 0 Å². The summed E-state index contributed by atoms with van der Waals surface area (Å²) in [7, 11) is 0. The summed E-state index contributed by atoms with van der Waals surface area (Å²) in [4.78, 5) is 10.5. The predicted molar refractivity (Wildman–Crippen MR) is 56.3 cm³/mol. The number of carbonyl (C=O) groups is 1. The number of rotatable bonds is 3. The molecule has 1 atom stereocenters. The fraction of sp³-hybridized carbons (Fsp3) is 0.583. The van der Waals surface area contributed by atoms with Gasteiger partial charge in [-0.3, -0.25) is 4.79 Å². The number of hydrogen-bond donors (Lipinski definition) is 0. The van der Waals surface area contributed by atoms with Crippen molar-refractivity contribution in [3.8, 4) is 23.7 Å². The Labute approximate surface area is 86.0 Å². The smallest absolute Gasteiger partial charge is 0.303 e. The molecule has 0 radical (unpaired) electrons. The zero-order valence-electron chi connectivity index (χ0n) is 9.02. The molecule has 0 aliphatic heterocycles. The third-order valence-corrected chi connectivity index (χ3v) is 1.42. The van der Waals surface area contributed by atoms with E-state index < -0.39 is 0 Å². The molecule has 0 heterocycles. The Kier molecular flexibility index (Phi) is 7.37. The van der Waals surface area contributed by atoms with E-state index in [0.717, 1.165) is 19.3 Å². The Balaban J connectivity index is 3.78. The summed E-state index contributed by atoms with van der Waals surface area (Å²) in [6, 6.07) is 0. The van der Waals surface area contributed by atoms with Crippen LogP contribution in [0.3, 0.4) is 0 Å². The van der Waals surface area contributed by atoms with Gasteiger partial charge in [0.2, 0.25) is 0 Å². The molecule has 14 heavy (non-hydrogen) atoms. The summed E-state index contributed by atoms with van der Waals surface area (Å²) in [5.41, 5.74) is 0. The molecule has 0 spiro atoms. The summed E-state index contributed by atoms with van der Waals surface area (Å²) in [5, 5.41) is 0. The van der Waals surface area contributed by atoms with Gasteiger partial charge in [-0.05, 0) is 31.1 Å². The second-order valence-corrected chi connectivity index (χ2v) is 2.93. The molecular formula is C12H16O2. The normalized spacial score (nSPS) is 10.2. The van der Waals surface area contributed by atoms with Crippen LogP contribution in [0.25, 0.3) is 0 Å². The average molecular weight is 192 g/mol. The minimum Gasteiger partial charge on any atom is -0.450 e. The van der Waals surface area contributed by atoms with Crippen LogP contribution in [0, 0.1) is 23.7 Å². The fourth-order valence-corrected chi connectivity index (χ4v) is 0.788. The van der Waals surface area contributed by atoms with Gasteiger partial charge in [-0.25, -0.2) is 0 Å². The van der Waals surface area contributed by atoms with Crippen molar-refractivity contribution in [2.75, 3.05) is 0 Å². The molecule has 0 amide bonds. The Hall–Kier alpha value is -1.41. The zero-order chi connectivity index (χ0) is 10.8. The molecule has 0 unspecified atom stereocenters. The zero-order valence-corrected chi connectivity index (χ0v) is 9.02. The molecule has 0 aromatic rings. The van der Waals surface area contributed by atoms with Crippen molar-refractivity contribution in [2.45, 2.75) is 46.1 Å². The van der Waals surface area contributed by atoms with E-state index in [1.807, 2.05) is 0 Å². The van der Waals surface area contributed by atoms with E-state index >= 15 is 0 Å². The van der Waals surface area contributed by atoms with Gasteiger partial charge in [0.25, 0.3) is 0 Å². The van der Waals surface area contributed by atoms with Crippen LogP contribution in [0.1, 0.15) is 40.0 Å². The number of ether oxygens (including phenoxy) is 1. The molecular weight excluding hydrogens is 176 g/mol. The first kappa shape index (κ1) is 12.6. The molecule has 0 aliphatic rings. The summed E-state index contributed by atoms with van der Waals surface area (Å²) >= 11 is 0. The van der Waals surface area contributed by atoms with Gasteiger partial charge < -0.3 is 4.74 Å². The molecule has 0 saturated carbocycles. The lowest BCUT2D eigenvalue weighted by molar-refractivity contribution is -0.143. The number of unbranched alkanes of at least 4 members (excludes halogenated alkanes) is 2. The van der Waals surface area contributed by atoms with E-state index in [4.69, 9.17) is 4.74 Å². The minimum atomic E-state index is -0.368. The minimum absolute atomic E-state index is 0.314. The third-order valence-electron chi connectivity index (χ3n) is 1.42. The standard InChI is InChI=1S/C12H16O2/c1-4-5-6-7-8-9-10-11(2)14-12(3)13/h11H,4-6H2,1-3H3/t11-/m1/s1. The van der Waals surface area contributed by atoms with Crippen molar-refractivity contribution in [3.05, 3.63) is 0 Å². The van der Waals surface area contributed by atoms with Crippen LogP contribution in [0.5, 0.6) is 0 Å². The molecule has 0 aromatic heterocycles. The second-order valence-electron chi connectivity index (χ2n) is 2.93. The van der Waals surface area contributed by atoms with Gasteiger partial charge >= 0.3 is 5.97 Å². The quantitative estimate of drug-likeness (QED) is 0.389. The topological polar surface area (TPSA) is 26.3 Å². The van der Waals surface area contributed by atoms with Gasteiger partial charge in [0.1, 0.15) is 0 Å². The van der Waals surface area contributed by atoms with Gasteiger partial charge in [0.05, 0.1) is 0 Å². The molecule has 0 N–H and O–H groups in total. The second kappa shape index (κ2) is 8.20. The fourth-order valence-electron chi connectivity index (χ4n) is 0.788. The lowest BCUT2D eigenvalue weighted by Gasteiger charge is -2.01. The highest BCUT2D eigenvalue weighted by atomic mass is 16.5. The summed E-state index contributed by atoms with van der Waals surface area (Å²) < 4.78 is 4.80. The summed E-state index contributed by atoms with van der Waals surface area (Å²) in [6.45, 7) is 5.21. The van der Waals surface area contributed by atoms with Gasteiger partial charge in [0.15, 0.2) is 6.10 Å². The van der Waals surface area contributed by atoms with E-state index in [1.54, 1.807) is 6.92 Å². The largest absolute Gasteiger partial charge is 0.450 e. The Morgan fingerprint density at radius 2 is 2.14 bits per heavy atom. The monoisotopic (exact) mass is 192 g/mol. The molecule has 0 fully saturated rings. The van der Waals surface area contributed by atoms with Crippen LogP contribution < -0.4 is 0 Å². The molecule has 0 rings (SSSR count). The first-order valence-corrected chi connectivity index (χ1v) is 4.82. The first-order valence-electron chi connectivity index (χ1n) is 4.82. The molecule has 2 heteroatoms. The predicted octanol–water partition coefficient (Wildman–Crippen LogP) is 2.14. The molecule has 76 valence electrons. The maximum Gasteiger partial charge on any atom is 0.303 e. The highest BCUT2D eigenvalue weighted by Gasteiger charge is 1.98. The lowest BCUT2D eigenvalue weighted by atomic mass is 10.2. The molecule has 0 saturated heterocycles. The van der Waals surface area contributed by atoms with Crippen molar-refractivity contribution in [1.29, 1.82) is 0 Å². The van der Waals surface area contributed by atoms with E-state index in [9.17, 15) is 4.79 Å². The van der Waals surface area contributed by atoms with E-state index in [0.29, 0.717) is 0 Å². The Morgan fingerprint density at radius 3 is 2.71 bits per heavy atom. The number of carbonyl (C=O) groups excluding carboxylic acids is 1. The highest BCUT2D eigenvalue weighted by molar-refractivity contribution is 5.66. The van der Waals surface area contributed by atoms with Crippen LogP contribution >= 0.6 is 0 Å². The van der Waals surface area contributed by atoms with Gasteiger partial charge in [0, 0.05) is 13.3 Å². The number of hydrogen-bond acceptors (Lipinski definition) is 2. The highest BCUT2D eigenvalue weighted by Crippen LogP contribution is 1.90. The molecule has 2 nitrogen and oxygen atoms in total. The van der Waals surface area contributed by atoms with Crippen LogP contribution in [0.4, 0.5) is 0 Å². The molecule has 0 aromatic carbocycles. The SMILES string of the molecule is CCCCC#CC#C[C@@H](C)OC(C)=O. The van der Waals surface area contributed by atoms with Gasteiger partial charge in [-0.1, -0.05) is 19.3 Å². The lowest BCUT2D eigenvalue weighted by Crippen LogP contribution is -2.09. The van der Waals surface area contributed by atoms with Crippen molar-refractivity contribution in [2.24, 2.45) is 0 Å². The van der Waals surface area contributed by atoms with Crippen LogP contribution in [-0.2, 0) is 9.53 Å². The van der Waals surface area contributed by atoms with E-state index in [2.05, 4.69) is 30.6 Å². The van der Waals surface area contributed by atoms with Crippen LogP contribution in [0.2, 0.25) is 0 Å². The maximum absolute atomic E-state index is 10.5. The van der Waals surface area contributed by atoms with Crippen molar-refractivity contribution in [3.63, 3.8) is 0 Å². The maximum atomic E-state index is 10.5. The van der Waals surface area contributed by atoms with E-state index in [1.165, 1.54) is 6.92 Å². The van der Waals surface area contributed by atoms with Gasteiger partial charge in [-0.2, -0.15) is 0 Å². The Bertz CT molecular complexity index is 283. The average Bonchev–Trinajstić information content (AvgIpc) is 2.10. The molecule has 0 bridgehead atoms. The van der Waals surface area contributed by atoms with Crippen molar-refractivity contribution < 1.29 is 9.53 Å². The number of esters is 1.